The summed E-state index contributed by atoms with van der Waals surface area (Å²) in [5.74, 6) is -0.257. The van der Waals surface area contributed by atoms with Gasteiger partial charge in [0.25, 0.3) is 0 Å². The molecule has 0 aromatic heterocycles. The van der Waals surface area contributed by atoms with Crippen molar-refractivity contribution in [2.75, 3.05) is 0 Å². The fourth-order valence-corrected chi connectivity index (χ4v) is 1.96. The molecule has 1 amide bonds. The Labute approximate surface area is 141 Å². The maximum atomic E-state index is 12.5. The Morgan fingerprint density at radius 2 is 1.65 bits per heavy atom. The van der Waals surface area contributed by atoms with Crippen molar-refractivity contribution in [1.29, 1.82) is 0 Å². The van der Waals surface area contributed by atoms with Crippen molar-refractivity contribution >= 4 is 18.3 Å². The molecule has 0 bridgehead atoms. The standard InChI is InChI=1S/C16H23F3N2O.ClH/c1-10(21-14(22)13(20)15(2,3)4)9-11-5-7-12(8-6-11)16(17,18)19;/h5-8,10,13H,9,20H2,1-4H3,(H,21,22);1H/t10?,13-;/m1./s1. The van der Waals surface area contributed by atoms with Gasteiger partial charge in [0.2, 0.25) is 5.91 Å². The van der Waals surface area contributed by atoms with Gasteiger partial charge in [-0.1, -0.05) is 32.9 Å². The lowest BCUT2D eigenvalue weighted by molar-refractivity contribution is -0.137. The van der Waals surface area contributed by atoms with Gasteiger partial charge in [-0.2, -0.15) is 13.2 Å². The van der Waals surface area contributed by atoms with Gasteiger partial charge in [-0.3, -0.25) is 4.79 Å². The second-order valence-electron chi connectivity index (χ2n) is 6.65. The van der Waals surface area contributed by atoms with Gasteiger partial charge in [-0.15, -0.1) is 12.4 Å². The molecular formula is C16H24ClF3N2O. The Hall–Kier alpha value is -1.27. The van der Waals surface area contributed by atoms with Gasteiger partial charge in [-0.25, -0.2) is 0 Å². The van der Waals surface area contributed by atoms with Crippen LogP contribution < -0.4 is 11.1 Å². The number of carbonyl (C=O) groups excluding carboxylic acids is 1. The first-order valence-electron chi connectivity index (χ1n) is 7.13. The first-order chi connectivity index (χ1) is 9.91. The van der Waals surface area contributed by atoms with Gasteiger partial charge in [-0.05, 0) is 36.5 Å². The van der Waals surface area contributed by atoms with Crippen molar-refractivity contribution in [3.05, 3.63) is 35.4 Å². The number of hydrogen-bond donors (Lipinski definition) is 2. The van der Waals surface area contributed by atoms with Crippen LogP contribution in [0, 0.1) is 5.41 Å². The molecule has 0 aliphatic carbocycles. The van der Waals surface area contributed by atoms with Crippen LogP contribution in [-0.2, 0) is 17.4 Å². The predicted molar refractivity (Wildman–Crippen MR) is 87.4 cm³/mol. The smallest absolute Gasteiger partial charge is 0.352 e. The predicted octanol–water partition coefficient (Wildman–Crippen LogP) is 3.55. The second kappa shape index (κ2) is 8.02. The van der Waals surface area contributed by atoms with Gasteiger partial charge in [0.15, 0.2) is 0 Å². The molecule has 132 valence electrons. The van der Waals surface area contributed by atoms with Crippen molar-refractivity contribution < 1.29 is 18.0 Å². The summed E-state index contributed by atoms with van der Waals surface area (Å²) in [4.78, 5) is 12.0. The normalized spacial score (nSPS) is 14.6. The Morgan fingerprint density at radius 1 is 1.17 bits per heavy atom. The number of halogens is 4. The highest BCUT2D eigenvalue weighted by Crippen LogP contribution is 2.29. The molecule has 0 spiro atoms. The highest BCUT2D eigenvalue weighted by Gasteiger charge is 2.30. The zero-order chi connectivity index (χ0) is 17.1. The Morgan fingerprint density at radius 3 is 2.04 bits per heavy atom. The van der Waals surface area contributed by atoms with E-state index in [4.69, 9.17) is 5.73 Å². The average Bonchev–Trinajstić information content (AvgIpc) is 2.36. The van der Waals surface area contributed by atoms with E-state index in [2.05, 4.69) is 5.32 Å². The number of alkyl halides is 3. The first-order valence-corrected chi connectivity index (χ1v) is 7.13. The molecule has 7 heteroatoms. The lowest BCUT2D eigenvalue weighted by atomic mass is 9.87. The fourth-order valence-electron chi connectivity index (χ4n) is 1.96. The summed E-state index contributed by atoms with van der Waals surface area (Å²) in [7, 11) is 0. The lowest BCUT2D eigenvalue weighted by Gasteiger charge is -2.27. The summed E-state index contributed by atoms with van der Waals surface area (Å²) in [6.45, 7) is 7.41. The molecule has 0 aliphatic heterocycles. The van der Waals surface area contributed by atoms with E-state index in [0.29, 0.717) is 6.42 Å². The zero-order valence-electron chi connectivity index (χ0n) is 13.7. The number of rotatable bonds is 4. The summed E-state index contributed by atoms with van der Waals surface area (Å²) in [5, 5.41) is 2.79. The topological polar surface area (TPSA) is 55.1 Å². The van der Waals surface area contributed by atoms with Crippen molar-refractivity contribution in [1.82, 2.24) is 5.32 Å². The average molecular weight is 353 g/mol. The Balaban J connectivity index is 0.00000484. The Bertz CT molecular complexity index is 510. The molecule has 1 rings (SSSR count). The molecule has 1 aromatic carbocycles. The van der Waals surface area contributed by atoms with E-state index in [1.54, 1.807) is 6.92 Å². The van der Waals surface area contributed by atoms with Crippen LogP contribution in [-0.4, -0.2) is 18.0 Å². The molecule has 0 saturated heterocycles. The largest absolute Gasteiger partial charge is 0.416 e. The van der Waals surface area contributed by atoms with E-state index in [-0.39, 0.29) is 29.8 Å². The maximum Gasteiger partial charge on any atom is 0.416 e. The number of benzene rings is 1. The summed E-state index contributed by atoms with van der Waals surface area (Å²) < 4.78 is 37.5. The van der Waals surface area contributed by atoms with E-state index < -0.39 is 17.8 Å². The van der Waals surface area contributed by atoms with Crippen molar-refractivity contribution in [2.24, 2.45) is 11.1 Å². The van der Waals surface area contributed by atoms with E-state index >= 15 is 0 Å². The van der Waals surface area contributed by atoms with Gasteiger partial charge >= 0.3 is 6.18 Å². The molecule has 0 aliphatic rings. The third kappa shape index (κ3) is 6.79. The number of amides is 1. The fraction of sp³-hybridized carbons (Fsp3) is 0.562. The minimum absolute atomic E-state index is 0. The molecule has 3 nitrogen and oxygen atoms in total. The summed E-state index contributed by atoms with van der Waals surface area (Å²) in [6.07, 6.45) is -3.89. The molecule has 0 heterocycles. The summed E-state index contributed by atoms with van der Waals surface area (Å²) in [6, 6.07) is 4.10. The van der Waals surface area contributed by atoms with Crippen LogP contribution in [0.15, 0.2) is 24.3 Å². The number of carbonyl (C=O) groups is 1. The van der Waals surface area contributed by atoms with Crippen molar-refractivity contribution in [2.45, 2.75) is 52.4 Å². The molecular weight excluding hydrogens is 329 g/mol. The van der Waals surface area contributed by atoms with Crippen LogP contribution in [0.25, 0.3) is 0 Å². The zero-order valence-corrected chi connectivity index (χ0v) is 14.5. The van der Waals surface area contributed by atoms with Crippen LogP contribution in [0.2, 0.25) is 0 Å². The SMILES string of the molecule is CC(Cc1ccc(C(F)(F)F)cc1)NC(=O)[C@@H](N)C(C)(C)C.Cl. The molecule has 0 saturated carbocycles. The Kier molecular flexibility index (Phi) is 7.57. The van der Waals surface area contributed by atoms with E-state index in [9.17, 15) is 18.0 Å². The molecule has 1 aromatic rings. The van der Waals surface area contributed by atoms with E-state index in [1.165, 1.54) is 12.1 Å². The van der Waals surface area contributed by atoms with Gasteiger partial charge in [0, 0.05) is 6.04 Å². The maximum absolute atomic E-state index is 12.5. The van der Waals surface area contributed by atoms with Crippen LogP contribution in [0.4, 0.5) is 13.2 Å². The minimum Gasteiger partial charge on any atom is -0.352 e. The van der Waals surface area contributed by atoms with Crippen LogP contribution in [0.1, 0.15) is 38.8 Å². The molecule has 23 heavy (non-hydrogen) atoms. The van der Waals surface area contributed by atoms with Crippen molar-refractivity contribution in [3.8, 4) is 0 Å². The second-order valence-corrected chi connectivity index (χ2v) is 6.65. The minimum atomic E-state index is -4.34. The number of nitrogens with two attached hydrogens (primary N) is 1. The van der Waals surface area contributed by atoms with Crippen LogP contribution in [0.5, 0.6) is 0 Å². The van der Waals surface area contributed by atoms with Crippen LogP contribution in [0.3, 0.4) is 0 Å². The number of hydrogen-bond acceptors (Lipinski definition) is 2. The van der Waals surface area contributed by atoms with Gasteiger partial charge in [0.05, 0.1) is 11.6 Å². The van der Waals surface area contributed by atoms with E-state index in [0.717, 1.165) is 17.7 Å². The van der Waals surface area contributed by atoms with Crippen LogP contribution >= 0.6 is 12.4 Å². The molecule has 1 unspecified atom stereocenters. The third-order valence-corrected chi connectivity index (χ3v) is 3.43. The molecule has 2 atom stereocenters. The van der Waals surface area contributed by atoms with Gasteiger partial charge in [0.1, 0.15) is 0 Å². The third-order valence-electron chi connectivity index (χ3n) is 3.43. The molecule has 0 fully saturated rings. The quantitative estimate of drug-likeness (QED) is 0.870. The first kappa shape index (κ1) is 21.7. The molecule has 3 N–H and O–H groups in total. The monoisotopic (exact) mass is 352 g/mol. The summed E-state index contributed by atoms with van der Waals surface area (Å²) >= 11 is 0. The number of nitrogens with one attached hydrogen (secondary N) is 1. The highest BCUT2D eigenvalue weighted by atomic mass is 35.5. The van der Waals surface area contributed by atoms with Crippen molar-refractivity contribution in [3.63, 3.8) is 0 Å². The van der Waals surface area contributed by atoms with Gasteiger partial charge < -0.3 is 11.1 Å². The summed E-state index contributed by atoms with van der Waals surface area (Å²) in [5.41, 5.74) is 5.57. The highest BCUT2D eigenvalue weighted by molar-refractivity contribution is 5.85. The van der Waals surface area contributed by atoms with E-state index in [1.807, 2.05) is 20.8 Å². The molecule has 0 radical (unpaired) electrons. The lowest BCUT2D eigenvalue weighted by Crippen LogP contribution is -2.51.